The zero-order valence-corrected chi connectivity index (χ0v) is 16.9. The summed E-state index contributed by atoms with van der Waals surface area (Å²) in [6.07, 6.45) is 1.79. The van der Waals surface area contributed by atoms with Crippen molar-refractivity contribution in [2.24, 2.45) is 0 Å². The second-order valence-corrected chi connectivity index (χ2v) is 7.30. The first kappa shape index (κ1) is 19.0. The maximum Gasteiger partial charge on any atom is 0.251 e. The molecule has 2 aromatic carbocycles. The Morgan fingerprint density at radius 3 is 2.55 bits per heavy atom. The van der Waals surface area contributed by atoms with Gasteiger partial charge in [0.15, 0.2) is 11.5 Å². The van der Waals surface area contributed by atoms with E-state index in [0.29, 0.717) is 28.6 Å². The van der Waals surface area contributed by atoms with E-state index in [1.807, 2.05) is 71.9 Å². The van der Waals surface area contributed by atoms with Crippen LogP contribution in [0.5, 0.6) is 0 Å². The summed E-state index contributed by atoms with van der Waals surface area (Å²) in [7, 11) is 3.99. The molecule has 4 aromatic rings. The van der Waals surface area contributed by atoms with Crippen molar-refractivity contribution in [2.45, 2.75) is 6.54 Å². The van der Waals surface area contributed by atoms with Gasteiger partial charge in [-0.3, -0.25) is 9.20 Å². The Morgan fingerprint density at radius 1 is 1.07 bits per heavy atom. The van der Waals surface area contributed by atoms with Crippen LogP contribution in [0.15, 0.2) is 66.9 Å². The van der Waals surface area contributed by atoms with Gasteiger partial charge in [-0.05, 0) is 42.0 Å². The van der Waals surface area contributed by atoms with Crippen molar-refractivity contribution in [2.75, 3.05) is 19.0 Å². The van der Waals surface area contributed by atoms with E-state index >= 15 is 0 Å². The number of fused-ring (bicyclic) bond motifs is 1. The van der Waals surface area contributed by atoms with Crippen molar-refractivity contribution in [1.29, 1.82) is 0 Å². The molecular formula is C22H20ClN5O. The standard InChI is InChI=1S/C22H20ClN5O/c1-27(2)17-9-7-15(8-10-17)14-24-22(29)16-11-12-28-20(13-16)25-26-21(28)18-5-3-4-6-19(18)23/h3-13H,14H2,1-2H3,(H,24,29). The summed E-state index contributed by atoms with van der Waals surface area (Å²) in [6.45, 7) is 0.454. The highest BCUT2D eigenvalue weighted by molar-refractivity contribution is 6.33. The number of hydrogen-bond donors (Lipinski definition) is 1. The van der Waals surface area contributed by atoms with E-state index in [2.05, 4.69) is 15.5 Å². The number of aromatic nitrogens is 3. The fraction of sp³-hybridized carbons (Fsp3) is 0.136. The predicted octanol–water partition coefficient (Wildman–Crippen LogP) is 4.05. The number of nitrogens with one attached hydrogen (secondary N) is 1. The molecule has 0 saturated carbocycles. The van der Waals surface area contributed by atoms with Crippen molar-refractivity contribution in [3.8, 4) is 11.4 Å². The van der Waals surface area contributed by atoms with E-state index in [4.69, 9.17) is 11.6 Å². The van der Waals surface area contributed by atoms with Gasteiger partial charge in [0.2, 0.25) is 0 Å². The number of rotatable bonds is 5. The number of hydrogen-bond acceptors (Lipinski definition) is 4. The van der Waals surface area contributed by atoms with Crippen LogP contribution in [0, 0.1) is 0 Å². The predicted molar refractivity (Wildman–Crippen MR) is 115 cm³/mol. The molecule has 4 rings (SSSR count). The Labute approximate surface area is 173 Å². The third-order valence-corrected chi connectivity index (χ3v) is 5.02. The van der Waals surface area contributed by atoms with Crippen LogP contribution in [0.3, 0.4) is 0 Å². The van der Waals surface area contributed by atoms with Crippen LogP contribution in [-0.2, 0) is 6.54 Å². The molecule has 0 saturated heterocycles. The Morgan fingerprint density at radius 2 is 1.83 bits per heavy atom. The van der Waals surface area contributed by atoms with Crippen LogP contribution in [0.2, 0.25) is 5.02 Å². The first-order valence-corrected chi connectivity index (χ1v) is 9.55. The monoisotopic (exact) mass is 405 g/mol. The summed E-state index contributed by atoms with van der Waals surface area (Å²) in [5, 5.41) is 12.0. The maximum absolute atomic E-state index is 12.6. The van der Waals surface area contributed by atoms with Gasteiger partial charge in [-0.25, -0.2) is 0 Å². The third-order valence-electron chi connectivity index (χ3n) is 4.69. The molecule has 7 heteroatoms. The lowest BCUT2D eigenvalue weighted by molar-refractivity contribution is 0.0951. The first-order chi connectivity index (χ1) is 14.0. The minimum absolute atomic E-state index is 0.161. The Hall–Kier alpha value is -3.38. The Bertz CT molecular complexity index is 1170. The fourth-order valence-corrected chi connectivity index (χ4v) is 3.27. The molecule has 0 spiro atoms. The molecular weight excluding hydrogens is 386 g/mol. The third kappa shape index (κ3) is 3.93. The molecule has 29 heavy (non-hydrogen) atoms. The van der Waals surface area contributed by atoms with Crippen LogP contribution < -0.4 is 10.2 Å². The van der Waals surface area contributed by atoms with E-state index in [1.54, 1.807) is 18.3 Å². The van der Waals surface area contributed by atoms with Crippen LogP contribution in [0.1, 0.15) is 15.9 Å². The largest absolute Gasteiger partial charge is 0.378 e. The molecule has 0 bridgehead atoms. The van der Waals surface area contributed by atoms with Crippen molar-refractivity contribution in [3.63, 3.8) is 0 Å². The second kappa shape index (κ2) is 7.93. The summed E-state index contributed by atoms with van der Waals surface area (Å²) < 4.78 is 1.82. The molecule has 0 aliphatic heterocycles. The van der Waals surface area contributed by atoms with Gasteiger partial charge in [0.1, 0.15) is 0 Å². The smallest absolute Gasteiger partial charge is 0.251 e. The lowest BCUT2D eigenvalue weighted by Gasteiger charge is -2.13. The number of carbonyl (C=O) groups excluding carboxylic acids is 1. The van der Waals surface area contributed by atoms with Crippen LogP contribution in [0.4, 0.5) is 5.69 Å². The highest BCUT2D eigenvalue weighted by Gasteiger charge is 2.13. The molecule has 146 valence electrons. The molecule has 2 heterocycles. The molecule has 2 aromatic heterocycles. The first-order valence-electron chi connectivity index (χ1n) is 9.17. The summed E-state index contributed by atoms with van der Waals surface area (Å²) in [5.74, 6) is 0.477. The number of carbonyl (C=O) groups is 1. The van der Waals surface area contributed by atoms with Gasteiger partial charge in [0.25, 0.3) is 5.91 Å². The van der Waals surface area contributed by atoms with Crippen LogP contribution >= 0.6 is 11.6 Å². The molecule has 1 amide bonds. The highest BCUT2D eigenvalue weighted by Crippen LogP contribution is 2.26. The summed E-state index contributed by atoms with van der Waals surface area (Å²) in [5.41, 5.74) is 4.06. The number of amides is 1. The number of benzene rings is 2. The lowest BCUT2D eigenvalue weighted by atomic mass is 10.2. The SMILES string of the molecule is CN(C)c1ccc(CNC(=O)c2ccn3c(-c4ccccc4Cl)nnc3c2)cc1. The Kier molecular flexibility index (Phi) is 5.18. The van der Waals surface area contributed by atoms with Crippen molar-refractivity contribution < 1.29 is 4.79 Å². The summed E-state index contributed by atoms with van der Waals surface area (Å²) in [4.78, 5) is 14.6. The normalized spacial score (nSPS) is 10.9. The molecule has 0 radical (unpaired) electrons. The highest BCUT2D eigenvalue weighted by atomic mass is 35.5. The van der Waals surface area contributed by atoms with Crippen LogP contribution in [-0.4, -0.2) is 34.6 Å². The average Bonchev–Trinajstić information content (AvgIpc) is 3.15. The minimum atomic E-state index is -0.161. The molecule has 0 fully saturated rings. The van der Waals surface area contributed by atoms with E-state index in [1.165, 1.54) is 0 Å². The molecule has 6 nitrogen and oxygen atoms in total. The summed E-state index contributed by atoms with van der Waals surface area (Å²) in [6, 6.07) is 19.0. The number of pyridine rings is 1. The van der Waals surface area contributed by atoms with E-state index in [9.17, 15) is 4.79 Å². The summed E-state index contributed by atoms with van der Waals surface area (Å²) >= 11 is 6.28. The molecule has 0 aliphatic rings. The maximum atomic E-state index is 12.6. The molecule has 0 aliphatic carbocycles. The quantitative estimate of drug-likeness (QED) is 0.544. The Balaban J connectivity index is 1.51. The number of halogens is 1. The van der Waals surface area contributed by atoms with Crippen LogP contribution in [0.25, 0.3) is 17.0 Å². The molecule has 1 N–H and O–H groups in total. The van der Waals surface area contributed by atoms with Crippen molar-refractivity contribution >= 4 is 28.8 Å². The molecule has 0 unspecified atom stereocenters. The van der Waals surface area contributed by atoms with Gasteiger partial charge >= 0.3 is 0 Å². The van der Waals surface area contributed by atoms with Gasteiger partial charge in [-0.2, -0.15) is 0 Å². The lowest BCUT2D eigenvalue weighted by Crippen LogP contribution is -2.23. The topological polar surface area (TPSA) is 62.5 Å². The number of nitrogens with zero attached hydrogens (tertiary/aromatic N) is 4. The van der Waals surface area contributed by atoms with Crippen molar-refractivity contribution in [3.05, 3.63) is 83.0 Å². The zero-order chi connectivity index (χ0) is 20.4. The van der Waals surface area contributed by atoms with Gasteiger partial charge in [0, 0.05) is 43.7 Å². The van der Waals surface area contributed by atoms with Crippen molar-refractivity contribution in [1.82, 2.24) is 19.9 Å². The van der Waals surface area contributed by atoms with E-state index < -0.39 is 0 Å². The van der Waals surface area contributed by atoms with E-state index in [-0.39, 0.29) is 5.91 Å². The van der Waals surface area contributed by atoms with Gasteiger partial charge in [-0.1, -0.05) is 35.9 Å². The molecule has 0 atom stereocenters. The van der Waals surface area contributed by atoms with Gasteiger partial charge < -0.3 is 10.2 Å². The zero-order valence-electron chi connectivity index (χ0n) is 16.1. The van der Waals surface area contributed by atoms with E-state index in [0.717, 1.165) is 16.8 Å². The van der Waals surface area contributed by atoms with Gasteiger partial charge in [0.05, 0.1) is 5.02 Å². The average molecular weight is 406 g/mol. The fourth-order valence-electron chi connectivity index (χ4n) is 3.05. The number of anilines is 1. The van der Waals surface area contributed by atoms with Gasteiger partial charge in [-0.15, -0.1) is 10.2 Å². The second-order valence-electron chi connectivity index (χ2n) is 6.89. The minimum Gasteiger partial charge on any atom is -0.378 e.